The van der Waals surface area contributed by atoms with Gasteiger partial charge in [-0.3, -0.25) is 14.7 Å². The molecule has 172 valence electrons. The quantitative estimate of drug-likeness (QED) is 0.389. The third-order valence-electron chi connectivity index (χ3n) is 6.15. The number of guanidine groups is 1. The number of likely N-dealkylation sites (tertiary alicyclic amines) is 1. The molecule has 8 nitrogen and oxygen atoms in total. The Balaban J connectivity index is 1.23. The summed E-state index contributed by atoms with van der Waals surface area (Å²) >= 11 is 0. The Hall–Kier alpha value is -2.84. The van der Waals surface area contributed by atoms with Gasteiger partial charge in [0.25, 0.3) is 5.91 Å². The zero-order chi connectivity index (χ0) is 22.3. The molecule has 0 saturated carbocycles. The summed E-state index contributed by atoms with van der Waals surface area (Å²) in [5.74, 6) is 1.10. The fraction of sp³-hybridized carbons (Fsp3) is 0.500. The Morgan fingerprint density at radius 2 is 1.97 bits per heavy atom. The first-order valence-electron chi connectivity index (χ1n) is 11.3. The maximum Gasteiger partial charge on any atom is 0.287 e. The van der Waals surface area contributed by atoms with Crippen molar-refractivity contribution in [3.05, 3.63) is 59.5 Å². The summed E-state index contributed by atoms with van der Waals surface area (Å²) in [6.45, 7) is 7.55. The highest BCUT2D eigenvalue weighted by Gasteiger charge is 2.41. The highest BCUT2D eigenvalue weighted by molar-refractivity contribution is 5.92. The van der Waals surface area contributed by atoms with Crippen LogP contribution in [0.15, 0.2) is 52.1 Å². The van der Waals surface area contributed by atoms with E-state index in [9.17, 15) is 4.79 Å². The maximum atomic E-state index is 12.1. The van der Waals surface area contributed by atoms with Crippen molar-refractivity contribution in [1.82, 2.24) is 20.4 Å². The second-order valence-electron chi connectivity index (χ2n) is 8.35. The number of hydrogen-bond donors (Lipinski definition) is 2. The van der Waals surface area contributed by atoms with Crippen LogP contribution in [0, 0.1) is 6.92 Å². The van der Waals surface area contributed by atoms with Gasteiger partial charge in [-0.05, 0) is 25.0 Å². The molecule has 2 unspecified atom stereocenters. The molecule has 4 rings (SSSR count). The number of carbonyl (C=O) groups is 1. The van der Waals surface area contributed by atoms with Gasteiger partial charge in [-0.2, -0.15) is 0 Å². The van der Waals surface area contributed by atoms with E-state index in [2.05, 4.69) is 55.8 Å². The lowest BCUT2D eigenvalue weighted by atomic mass is 10.1. The molecule has 0 aliphatic carbocycles. The van der Waals surface area contributed by atoms with Gasteiger partial charge in [-0.15, -0.1) is 0 Å². The lowest BCUT2D eigenvalue weighted by Gasteiger charge is -2.36. The number of hydrogen-bond acceptors (Lipinski definition) is 5. The molecule has 3 heterocycles. The van der Waals surface area contributed by atoms with Gasteiger partial charge in [0.05, 0.1) is 25.0 Å². The van der Waals surface area contributed by atoms with Gasteiger partial charge in [0, 0.05) is 51.9 Å². The van der Waals surface area contributed by atoms with Crippen LogP contribution in [0.5, 0.6) is 0 Å². The molecule has 2 aliphatic rings. The summed E-state index contributed by atoms with van der Waals surface area (Å²) in [6.07, 6.45) is 2.53. The average molecular weight is 440 g/mol. The Morgan fingerprint density at radius 1 is 1.16 bits per heavy atom. The fourth-order valence-corrected chi connectivity index (χ4v) is 4.45. The number of amides is 1. The number of nitrogens with zero attached hydrogens (tertiary/aromatic N) is 3. The standard InChI is InChI=1S/C24H33N5O3/c1-18-9-13-32-22(18)23(30)26-10-6-11-27-24(25-2)29-16-20-21(17-29)31-14-12-28(20)15-19-7-4-3-5-8-19/h3-5,7-9,13,20-21H,6,10-12,14-17H2,1-2H3,(H,25,27)(H,26,30). The SMILES string of the molecule is CN=C(NCCCNC(=O)c1occc1C)N1CC2OCCN(Cc3ccccc3)C2C1. The average Bonchev–Trinajstić information content (AvgIpc) is 3.43. The van der Waals surface area contributed by atoms with Crippen LogP contribution in [0.3, 0.4) is 0 Å². The molecule has 0 spiro atoms. The number of fused-ring (bicyclic) bond motifs is 1. The molecular formula is C24H33N5O3. The molecule has 2 fully saturated rings. The Labute approximate surface area is 189 Å². The summed E-state index contributed by atoms with van der Waals surface area (Å²) in [6, 6.07) is 12.8. The van der Waals surface area contributed by atoms with Gasteiger partial charge < -0.3 is 24.7 Å². The molecule has 2 aromatic rings. The van der Waals surface area contributed by atoms with Crippen LogP contribution in [0.2, 0.25) is 0 Å². The minimum Gasteiger partial charge on any atom is -0.459 e. The van der Waals surface area contributed by atoms with Gasteiger partial charge in [0.2, 0.25) is 0 Å². The second-order valence-corrected chi connectivity index (χ2v) is 8.35. The molecule has 2 saturated heterocycles. The first kappa shape index (κ1) is 22.4. The Morgan fingerprint density at radius 3 is 2.72 bits per heavy atom. The molecular weight excluding hydrogens is 406 g/mol. The monoisotopic (exact) mass is 439 g/mol. The smallest absolute Gasteiger partial charge is 0.287 e. The summed E-state index contributed by atoms with van der Waals surface area (Å²) < 4.78 is 11.3. The molecule has 1 amide bonds. The van der Waals surface area contributed by atoms with Gasteiger partial charge >= 0.3 is 0 Å². The van der Waals surface area contributed by atoms with Crippen molar-refractivity contribution in [3.8, 4) is 0 Å². The first-order chi connectivity index (χ1) is 15.7. The molecule has 1 aromatic heterocycles. The lowest BCUT2D eigenvalue weighted by Crippen LogP contribution is -2.50. The third kappa shape index (κ3) is 5.31. The summed E-state index contributed by atoms with van der Waals surface area (Å²) in [4.78, 5) is 21.4. The topological polar surface area (TPSA) is 82.3 Å². The largest absolute Gasteiger partial charge is 0.459 e. The molecule has 1 aromatic carbocycles. The molecule has 2 N–H and O–H groups in total. The first-order valence-corrected chi connectivity index (χ1v) is 11.3. The number of morpholine rings is 1. The second kappa shape index (κ2) is 10.7. The van der Waals surface area contributed by atoms with Gasteiger partial charge in [-0.1, -0.05) is 30.3 Å². The molecule has 2 atom stereocenters. The van der Waals surface area contributed by atoms with Gasteiger partial charge in [0.15, 0.2) is 11.7 Å². The number of aryl methyl sites for hydroxylation is 1. The van der Waals surface area contributed by atoms with Crippen LogP contribution in [0.4, 0.5) is 0 Å². The maximum absolute atomic E-state index is 12.1. The van der Waals surface area contributed by atoms with Crippen molar-refractivity contribution in [2.45, 2.75) is 32.0 Å². The van der Waals surface area contributed by atoms with Crippen molar-refractivity contribution in [1.29, 1.82) is 0 Å². The van der Waals surface area contributed by atoms with Crippen molar-refractivity contribution in [2.24, 2.45) is 4.99 Å². The van der Waals surface area contributed by atoms with Crippen molar-refractivity contribution in [3.63, 3.8) is 0 Å². The predicted molar refractivity (Wildman–Crippen MR) is 124 cm³/mol. The van der Waals surface area contributed by atoms with E-state index in [1.54, 1.807) is 6.07 Å². The number of nitrogens with one attached hydrogen (secondary N) is 2. The summed E-state index contributed by atoms with van der Waals surface area (Å²) in [5, 5.41) is 6.34. The summed E-state index contributed by atoms with van der Waals surface area (Å²) in [5.41, 5.74) is 2.18. The highest BCUT2D eigenvalue weighted by Crippen LogP contribution is 2.24. The van der Waals surface area contributed by atoms with Crippen LogP contribution in [-0.2, 0) is 11.3 Å². The minimum absolute atomic E-state index is 0.170. The third-order valence-corrected chi connectivity index (χ3v) is 6.15. The van der Waals surface area contributed by atoms with Crippen LogP contribution < -0.4 is 10.6 Å². The predicted octanol–water partition coefficient (Wildman–Crippen LogP) is 1.87. The van der Waals surface area contributed by atoms with E-state index in [4.69, 9.17) is 9.15 Å². The number of furan rings is 1. The number of aliphatic imine (C=N–C) groups is 1. The number of benzene rings is 1. The minimum atomic E-state index is -0.170. The van der Waals surface area contributed by atoms with E-state index < -0.39 is 0 Å². The normalized spacial score (nSPS) is 21.4. The highest BCUT2D eigenvalue weighted by atomic mass is 16.5. The van der Waals surface area contributed by atoms with Gasteiger partial charge in [-0.25, -0.2) is 0 Å². The van der Waals surface area contributed by atoms with E-state index in [0.29, 0.717) is 18.3 Å². The molecule has 8 heteroatoms. The van der Waals surface area contributed by atoms with Crippen molar-refractivity contribution >= 4 is 11.9 Å². The molecule has 0 radical (unpaired) electrons. The Bertz CT molecular complexity index is 913. The van der Waals surface area contributed by atoms with E-state index in [1.807, 2.05) is 14.0 Å². The number of ether oxygens (including phenoxy) is 1. The van der Waals surface area contributed by atoms with Crippen LogP contribution >= 0.6 is 0 Å². The van der Waals surface area contributed by atoms with Gasteiger partial charge in [0.1, 0.15) is 0 Å². The fourth-order valence-electron chi connectivity index (χ4n) is 4.45. The van der Waals surface area contributed by atoms with E-state index in [-0.39, 0.29) is 12.0 Å². The number of rotatable bonds is 7. The molecule has 32 heavy (non-hydrogen) atoms. The Kier molecular flexibility index (Phi) is 7.44. The lowest BCUT2D eigenvalue weighted by molar-refractivity contribution is -0.0502. The van der Waals surface area contributed by atoms with Crippen LogP contribution in [0.25, 0.3) is 0 Å². The number of carbonyl (C=O) groups excluding carboxylic acids is 1. The molecule has 0 bridgehead atoms. The van der Waals surface area contributed by atoms with Crippen LogP contribution in [0.1, 0.15) is 28.1 Å². The van der Waals surface area contributed by atoms with E-state index >= 15 is 0 Å². The van der Waals surface area contributed by atoms with E-state index in [1.165, 1.54) is 11.8 Å². The van der Waals surface area contributed by atoms with Crippen molar-refractivity contribution in [2.75, 3.05) is 46.4 Å². The van der Waals surface area contributed by atoms with Crippen LogP contribution in [-0.4, -0.2) is 80.2 Å². The van der Waals surface area contributed by atoms with Crippen molar-refractivity contribution < 1.29 is 13.9 Å². The zero-order valence-electron chi connectivity index (χ0n) is 18.9. The molecule has 2 aliphatic heterocycles. The zero-order valence-corrected chi connectivity index (χ0v) is 18.9. The summed E-state index contributed by atoms with van der Waals surface area (Å²) in [7, 11) is 1.81. The van der Waals surface area contributed by atoms with E-state index in [0.717, 1.165) is 57.3 Å².